The first-order valence-electron chi connectivity index (χ1n) is 27.5. The Labute approximate surface area is 418 Å². The number of carbonyl (C=O) groups excluding carboxylic acids is 3. The number of ether oxygens (including phenoxy) is 3. The molecule has 0 aromatic heterocycles. The van der Waals surface area contributed by atoms with E-state index in [4.69, 9.17) is 14.2 Å². The molecule has 1 unspecified atom stereocenters. The summed E-state index contributed by atoms with van der Waals surface area (Å²) in [6.45, 7) is 6.37. The number of rotatable bonds is 48. The molecule has 6 nitrogen and oxygen atoms in total. The molecular weight excluding hydrogens is 841 g/mol. The van der Waals surface area contributed by atoms with Gasteiger partial charge in [-0.2, -0.15) is 0 Å². The molecular formula is C62H100O6. The average Bonchev–Trinajstić information content (AvgIpc) is 3.34. The van der Waals surface area contributed by atoms with Crippen molar-refractivity contribution >= 4 is 17.9 Å². The molecule has 0 saturated heterocycles. The summed E-state index contributed by atoms with van der Waals surface area (Å²) in [6.07, 6.45) is 76.7. The maximum Gasteiger partial charge on any atom is 0.306 e. The van der Waals surface area contributed by atoms with Gasteiger partial charge in [0.05, 0.1) is 0 Å². The highest BCUT2D eigenvalue weighted by atomic mass is 16.6. The van der Waals surface area contributed by atoms with Crippen molar-refractivity contribution in [1.29, 1.82) is 0 Å². The number of allylic oxidation sites excluding steroid dienone is 20. The second-order valence-corrected chi connectivity index (χ2v) is 17.8. The molecule has 0 N–H and O–H groups in total. The summed E-state index contributed by atoms with van der Waals surface area (Å²) in [5.41, 5.74) is 0. The van der Waals surface area contributed by atoms with Crippen LogP contribution in [0.3, 0.4) is 0 Å². The smallest absolute Gasteiger partial charge is 0.306 e. The van der Waals surface area contributed by atoms with Crippen molar-refractivity contribution in [3.05, 3.63) is 122 Å². The molecule has 6 heteroatoms. The molecule has 0 fully saturated rings. The van der Waals surface area contributed by atoms with Gasteiger partial charge in [0.15, 0.2) is 6.10 Å². The fourth-order valence-corrected chi connectivity index (χ4v) is 7.08. The molecule has 0 radical (unpaired) electrons. The van der Waals surface area contributed by atoms with E-state index in [1.165, 1.54) is 57.8 Å². The maximum absolute atomic E-state index is 12.7. The predicted octanol–water partition coefficient (Wildman–Crippen LogP) is 18.5. The van der Waals surface area contributed by atoms with Crippen molar-refractivity contribution in [2.24, 2.45) is 0 Å². The van der Waals surface area contributed by atoms with Crippen molar-refractivity contribution in [1.82, 2.24) is 0 Å². The number of esters is 3. The highest BCUT2D eigenvalue weighted by molar-refractivity contribution is 5.71. The molecule has 0 aliphatic carbocycles. The van der Waals surface area contributed by atoms with Crippen molar-refractivity contribution in [3.8, 4) is 0 Å². The first-order chi connectivity index (χ1) is 33.5. The molecule has 0 bridgehead atoms. The zero-order valence-corrected chi connectivity index (χ0v) is 43.8. The van der Waals surface area contributed by atoms with E-state index < -0.39 is 6.10 Å². The molecule has 68 heavy (non-hydrogen) atoms. The molecule has 0 aromatic carbocycles. The second kappa shape index (κ2) is 55.4. The Morgan fingerprint density at radius 3 is 0.971 bits per heavy atom. The lowest BCUT2D eigenvalue weighted by atomic mass is 10.1. The van der Waals surface area contributed by atoms with Gasteiger partial charge < -0.3 is 14.2 Å². The van der Waals surface area contributed by atoms with Gasteiger partial charge in [0, 0.05) is 19.3 Å². The topological polar surface area (TPSA) is 78.9 Å². The van der Waals surface area contributed by atoms with Crippen molar-refractivity contribution < 1.29 is 28.6 Å². The number of carbonyl (C=O) groups is 3. The van der Waals surface area contributed by atoms with E-state index in [1.54, 1.807) is 0 Å². The van der Waals surface area contributed by atoms with Gasteiger partial charge in [0.1, 0.15) is 13.2 Å². The molecule has 0 spiro atoms. The fourth-order valence-electron chi connectivity index (χ4n) is 7.08. The zero-order chi connectivity index (χ0) is 49.3. The fraction of sp³-hybridized carbons (Fsp3) is 0.629. The van der Waals surface area contributed by atoms with Crippen molar-refractivity contribution in [2.75, 3.05) is 13.2 Å². The highest BCUT2D eigenvalue weighted by Crippen LogP contribution is 2.13. The van der Waals surface area contributed by atoms with E-state index in [9.17, 15) is 14.4 Å². The Hall–Kier alpha value is -4.19. The monoisotopic (exact) mass is 941 g/mol. The molecule has 384 valence electrons. The molecule has 0 rings (SSSR count). The Bertz CT molecular complexity index is 1450. The Morgan fingerprint density at radius 1 is 0.309 bits per heavy atom. The summed E-state index contributed by atoms with van der Waals surface area (Å²) in [5, 5.41) is 0. The quantitative estimate of drug-likeness (QED) is 0.0262. The normalized spacial score (nSPS) is 13.0. The van der Waals surface area contributed by atoms with Gasteiger partial charge in [-0.05, 0) is 109 Å². The average molecular weight is 941 g/mol. The molecule has 0 aromatic rings. The van der Waals surface area contributed by atoms with Crippen LogP contribution >= 0.6 is 0 Å². The molecule has 0 saturated carbocycles. The van der Waals surface area contributed by atoms with Crippen LogP contribution in [0.2, 0.25) is 0 Å². The van der Waals surface area contributed by atoms with Gasteiger partial charge in [-0.3, -0.25) is 14.4 Å². The van der Waals surface area contributed by atoms with E-state index in [0.717, 1.165) is 128 Å². The van der Waals surface area contributed by atoms with Gasteiger partial charge in [-0.1, -0.05) is 226 Å². The van der Waals surface area contributed by atoms with Gasteiger partial charge in [0.2, 0.25) is 0 Å². The minimum Gasteiger partial charge on any atom is -0.462 e. The summed E-state index contributed by atoms with van der Waals surface area (Å²) >= 11 is 0. The van der Waals surface area contributed by atoms with Crippen LogP contribution in [-0.4, -0.2) is 37.2 Å². The minimum absolute atomic E-state index is 0.102. The molecule has 0 aliphatic heterocycles. The third-order valence-corrected chi connectivity index (χ3v) is 11.2. The van der Waals surface area contributed by atoms with Crippen molar-refractivity contribution in [2.45, 2.75) is 239 Å². The third kappa shape index (κ3) is 52.8. The first kappa shape index (κ1) is 63.8. The Kier molecular flexibility index (Phi) is 52.0. The standard InChI is InChI=1S/C62H100O6/c1-4-7-10-13-15-17-19-21-23-25-26-27-28-29-30-31-32-33-34-35-36-37-39-40-42-44-46-49-52-55-61(64)67-58-59(57-66-60(63)54-51-48-12-9-6-3)68-62(65)56-53-50-47-45-43-41-38-24-22-20-18-16-14-11-8-5-2/h7,10,15,17,21,23-24,26-27,29-30,32-33,35-36,38-40,44,46,59H,4-6,8-9,11-14,16,18-20,22,25,28,31,34,37,41-43,45,47-58H2,1-3H3/b10-7-,17-15-,23-21-,27-26-,30-29-,33-32-,36-35-,38-24-,40-39-,46-44-. The van der Waals surface area contributed by atoms with E-state index >= 15 is 0 Å². The maximum atomic E-state index is 12.7. The van der Waals surface area contributed by atoms with Crippen LogP contribution in [0.4, 0.5) is 0 Å². The molecule has 0 aliphatic rings. The Balaban J connectivity index is 4.26. The highest BCUT2D eigenvalue weighted by Gasteiger charge is 2.19. The lowest BCUT2D eigenvalue weighted by molar-refractivity contribution is -0.167. The van der Waals surface area contributed by atoms with Crippen LogP contribution in [0.5, 0.6) is 0 Å². The predicted molar refractivity (Wildman–Crippen MR) is 293 cm³/mol. The first-order valence-corrected chi connectivity index (χ1v) is 27.5. The summed E-state index contributed by atoms with van der Waals surface area (Å²) < 4.78 is 16.6. The summed E-state index contributed by atoms with van der Waals surface area (Å²) in [7, 11) is 0. The zero-order valence-electron chi connectivity index (χ0n) is 43.8. The number of hydrogen-bond donors (Lipinski definition) is 0. The summed E-state index contributed by atoms with van der Waals surface area (Å²) in [4.78, 5) is 37.7. The van der Waals surface area contributed by atoms with Crippen LogP contribution in [0.1, 0.15) is 233 Å². The van der Waals surface area contributed by atoms with Gasteiger partial charge in [-0.15, -0.1) is 0 Å². The molecule has 0 amide bonds. The van der Waals surface area contributed by atoms with E-state index in [1.807, 2.05) is 0 Å². The van der Waals surface area contributed by atoms with Crippen LogP contribution in [0.15, 0.2) is 122 Å². The van der Waals surface area contributed by atoms with Gasteiger partial charge in [0.25, 0.3) is 0 Å². The largest absolute Gasteiger partial charge is 0.462 e. The van der Waals surface area contributed by atoms with Crippen LogP contribution in [-0.2, 0) is 28.6 Å². The summed E-state index contributed by atoms with van der Waals surface area (Å²) in [6, 6.07) is 0. The Morgan fingerprint density at radius 2 is 0.588 bits per heavy atom. The third-order valence-electron chi connectivity index (χ3n) is 11.2. The van der Waals surface area contributed by atoms with Crippen molar-refractivity contribution in [3.63, 3.8) is 0 Å². The van der Waals surface area contributed by atoms with Crippen LogP contribution in [0, 0.1) is 0 Å². The van der Waals surface area contributed by atoms with E-state index in [-0.39, 0.29) is 37.5 Å². The molecule has 1 atom stereocenters. The minimum atomic E-state index is -0.804. The SMILES string of the molecule is CC/C=C\C/C=C\C/C=C\C/C=C\C/C=C\C/C=C\C/C=C\C/C=C\C/C=C\CCCC(=O)OCC(COC(=O)CCCCCCC)OC(=O)CCCCCCC/C=C\CCCCCCCCC. The molecule has 0 heterocycles. The van der Waals surface area contributed by atoms with Crippen LogP contribution in [0.25, 0.3) is 0 Å². The van der Waals surface area contributed by atoms with Gasteiger partial charge >= 0.3 is 17.9 Å². The van der Waals surface area contributed by atoms with Gasteiger partial charge in [-0.25, -0.2) is 0 Å². The number of hydrogen-bond acceptors (Lipinski definition) is 6. The lowest BCUT2D eigenvalue weighted by Gasteiger charge is -2.18. The number of unbranched alkanes of at least 4 members (excludes halogenated alkanes) is 17. The lowest BCUT2D eigenvalue weighted by Crippen LogP contribution is -2.30. The van der Waals surface area contributed by atoms with E-state index in [2.05, 4.69) is 142 Å². The summed E-state index contributed by atoms with van der Waals surface area (Å²) in [5.74, 6) is -0.993. The van der Waals surface area contributed by atoms with E-state index in [0.29, 0.717) is 19.3 Å². The van der Waals surface area contributed by atoms with Crippen LogP contribution < -0.4 is 0 Å². The second-order valence-electron chi connectivity index (χ2n) is 17.8.